The van der Waals surface area contributed by atoms with Gasteiger partial charge in [0.05, 0.1) is 0 Å². The Kier molecular flexibility index (Phi) is 4.74. The molecular formula is C17H24N4S. The van der Waals surface area contributed by atoms with Gasteiger partial charge in [0.15, 0.2) is 0 Å². The van der Waals surface area contributed by atoms with Gasteiger partial charge in [0.1, 0.15) is 12.1 Å². The maximum atomic E-state index is 4.43. The summed E-state index contributed by atoms with van der Waals surface area (Å²) in [6.45, 7) is 7.58. The van der Waals surface area contributed by atoms with E-state index in [0.717, 1.165) is 24.6 Å². The van der Waals surface area contributed by atoms with Crippen molar-refractivity contribution in [2.45, 2.75) is 39.3 Å². The van der Waals surface area contributed by atoms with E-state index in [-0.39, 0.29) is 0 Å². The van der Waals surface area contributed by atoms with Gasteiger partial charge >= 0.3 is 0 Å². The van der Waals surface area contributed by atoms with Crippen LogP contribution in [-0.4, -0.2) is 41.0 Å². The molecule has 1 unspecified atom stereocenters. The second kappa shape index (κ2) is 6.75. The molecule has 3 rings (SSSR count). The fraction of sp³-hybridized carbons (Fsp3) is 0.529. The predicted molar refractivity (Wildman–Crippen MR) is 92.5 cm³/mol. The highest BCUT2D eigenvalue weighted by molar-refractivity contribution is 7.11. The van der Waals surface area contributed by atoms with Gasteiger partial charge < -0.3 is 4.90 Å². The van der Waals surface area contributed by atoms with Gasteiger partial charge in [-0.2, -0.15) is 0 Å². The first-order valence-electron chi connectivity index (χ1n) is 7.91. The summed E-state index contributed by atoms with van der Waals surface area (Å²) in [6.07, 6.45) is 4.15. The molecule has 118 valence electrons. The van der Waals surface area contributed by atoms with Crippen LogP contribution < -0.4 is 4.90 Å². The van der Waals surface area contributed by atoms with E-state index in [2.05, 4.69) is 51.9 Å². The number of aryl methyl sites for hydroxylation is 2. The first kappa shape index (κ1) is 15.4. The highest BCUT2D eigenvalue weighted by Gasteiger charge is 2.24. The summed E-state index contributed by atoms with van der Waals surface area (Å²) >= 11 is 1.91. The Bertz CT molecular complexity index is 625. The summed E-state index contributed by atoms with van der Waals surface area (Å²) in [7, 11) is 2.16. The zero-order valence-corrected chi connectivity index (χ0v) is 14.4. The third-order valence-electron chi connectivity index (χ3n) is 4.35. The van der Waals surface area contributed by atoms with Gasteiger partial charge in [-0.25, -0.2) is 9.97 Å². The predicted octanol–water partition coefficient (Wildman–Crippen LogP) is 3.26. The van der Waals surface area contributed by atoms with E-state index in [4.69, 9.17) is 0 Å². The summed E-state index contributed by atoms with van der Waals surface area (Å²) in [4.78, 5) is 16.4. The zero-order chi connectivity index (χ0) is 15.5. The molecule has 1 aliphatic rings. The minimum absolute atomic E-state index is 0.532. The summed E-state index contributed by atoms with van der Waals surface area (Å²) < 4.78 is 0. The number of thiophene rings is 1. The molecule has 1 saturated heterocycles. The molecule has 0 saturated carbocycles. The topological polar surface area (TPSA) is 32.3 Å². The summed E-state index contributed by atoms with van der Waals surface area (Å²) in [5, 5.41) is 0. The smallest absolute Gasteiger partial charge is 0.132 e. The van der Waals surface area contributed by atoms with Crippen molar-refractivity contribution in [3.05, 3.63) is 40.0 Å². The molecular weight excluding hydrogens is 292 g/mol. The highest BCUT2D eigenvalue weighted by Crippen LogP contribution is 2.23. The Morgan fingerprint density at radius 3 is 2.91 bits per heavy atom. The number of likely N-dealkylation sites (tertiary alicyclic amines) is 1. The van der Waals surface area contributed by atoms with Gasteiger partial charge in [-0.15, -0.1) is 11.3 Å². The standard InChI is InChI=1S/C17H24N4S/c1-13-9-17(19-12-18-13)20(3)15-5-4-8-21(10-15)11-16-7-6-14(2)22-16/h6-7,9,12,15H,4-5,8,10-11H2,1-3H3. The van der Waals surface area contributed by atoms with Crippen LogP contribution in [0.25, 0.3) is 0 Å². The van der Waals surface area contributed by atoms with Crippen LogP contribution in [0.15, 0.2) is 24.5 Å². The second-order valence-corrected chi connectivity index (χ2v) is 7.54. The number of likely N-dealkylation sites (N-methyl/N-ethyl adjacent to an activating group) is 1. The molecule has 5 heteroatoms. The van der Waals surface area contributed by atoms with Crippen LogP contribution in [0.2, 0.25) is 0 Å². The minimum atomic E-state index is 0.532. The fourth-order valence-electron chi connectivity index (χ4n) is 3.10. The molecule has 0 bridgehead atoms. The van der Waals surface area contributed by atoms with E-state index in [9.17, 15) is 0 Å². The van der Waals surface area contributed by atoms with Crippen LogP contribution in [-0.2, 0) is 6.54 Å². The number of rotatable bonds is 4. The van der Waals surface area contributed by atoms with Crippen molar-refractivity contribution in [1.82, 2.24) is 14.9 Å². The molecule has 1 atom stereocenters. The molecule has 0 amide bonds. The van der Waals surface area contributed by atoms with Gasteiger partial charge in [-0.3, -0.25) is 4.90 Å². The lowest BCUT2D eigenvalue weighted by Gasteiger charge is -2.38. The van der Waals surface area contributed by atoms with Crippen molar-refractivity contribution in [1.29, 1.82) is 0 Å². The van der Waals surface area contributed by atoms with Gasteiger partial charge in [0.25, 0.3) is 0 Å². The van der Waals surface area contributed by atoms with Crippen LogP contribution >= 0.6 is 11.3 Å². The number of hydrogen-bond donors (Lipinski definition) is 0. The number of hydrogen-bond acceptors (Lipinski definition) is 5. The largest absolute Gasteiger partial charge is 0.355 e. The molecule has 0 aromatic carbocycles. The van der Waals surface area contributed by atoms with Crippen molar-refractivity contribution in [3.63, 3.8) is 0 Å². The van der Waals surface area contributed by atoms with E-state index in [1.165, 1.54) is 29.1 Å². The second-order valence-electron chi connectivity index (χ2n) is 6.17. The fourth-order valence-corrected chi connectivity index (χ4v) is 4.03. The van der Waals surface area contributed by atoms with Crippen molar-refractivity contribution >= 4 is 17.2 Å². The minimum Gasteiger partial charge on any atom is -0.355 e. The molecule has 22 heavy (non-hydrogen) atoms. The van der Waals surface area contributed by atoms with E-state index in [1.54, 1.807) is 6.33 Å². The summed E-state index contributed by atoms with van der Waals surface area (Å²) in [5.74, 6) is 1.03. The Morgan fingerprint density at radius 2 is 2.18 bits per heavy atom. The van der Waals surface area contributed by atoms with E-state index in [0.29, 0.717) is 6.04 Å². The summed E-state index contributed by atoms with van der Waals surface area (Å²) in [5.41, 5.74) is 1.03. The number of nitrogens with zero attached hydrogens (tertiary/aromatic N) is 4. The number of aromatic nitrogens is 2. The van der Waals surface area contributed by atoms with Crippen molar-refractivity contribution in [3.8, 4) is 0 Å². The molecule has 0 N–H and O–H groups in total. The Balaban J connectivity index is 1.64. The highest BCUT2D eigenvalue weighted by atomic mass is 32.1. The first-order chi connectivity index (χ1) is 10.6. The van der Waals surface area contributed by atoms with Crippen LogP contribution in [0.3, 0.4) is 0 Å². The molecule has 1 fully saturated rings. The number of anilines is 1. The van der Waals surface area contributed by atoms with Crippen molar-refractivity contribution < 1.29 is 0 Å². The molecule has 3 heterocycles. The Labute approximate surface area is 136 Å². The average Bonchev–Trinajstić information content (AvgIpc) is 2.92. The van der Waals surface area contributed by atoms with Gasteiger partial charge in [-0.05, 0) is 45.4 Å². The zero-order valence-electron chi connectivity index (χ0n) is 13.6. The first-order valence-corrected chi connectivity index (χ1v) is 8.72. The van der Waals surface area contributed by atoms with E-state index < -0.39 is 0 Å². The lowest BCUT2D eigenvalue weighted by Crippen LogP contribution is -2.46. The van der Waals surface area contributed by atoms with E-state index in [1.807, 2.05) is 18.3 Å². The average molecular weight is 316 g/mol. The molecule has 1 aliphatic heterocycles. The van der Waals surface area contributed by atoms with E-state index >= 15 is 0 Å². The van der Waals surface area contributed by atoms with Crippen LogP contribution in [0.4, 0.5) is 5.82 Å². The van der Waals surface area contributed by atoms with Crippen LogP contribution in [0.1, 0.15) is 28.3 Å². The third-order valence-corrected chi connectivity index (χ3v) is 5.34. The molecule has 0 radical (unpaired) electrons. The van der Waals surface area contributed by atoms with Crippen molar-refractivity contribution in [2.24, 2.45) is 0 Å². The molecule has 0 aliphatic carbocycles. The van der Waals surface area contributed by atoms with Gasteiger partial charge in [0.2, 0.25) is 0 Å². The van der Waals surface area contributed by atoms with Crippen LogP contribution in [0, 0.1) is 13.8 Å². The van der Waals surface area contributed by atoms with Crippen LogP contribution in [0.5, 0.6) is 0 Å². The normalized spacial score (nSPS) is 19.3. The molecule has 2 aromatic heterocycles. The summed E-state index contributed by atoms with van der Waals surface area (Å²) in [6, 6.07) is 7.09. The lowest BCUT2D eigenvalue weighted by molar-refractivity contribution is 0.200. The van der Waals surface area contributed by atoms with Gasteiger partial charge in [0, 0.05) is 47.7 Å². The SMILES string of the molecule is Cc1cc(N(C)C2CCCN(Cc3ccc(C)s3)C2)ncn1. The monoisotopic (exact) mass is 316 g/mol. The lowest BCUT2D eigenvalue weighted by atomic mass is 10.0. The van der Waals surface area contributed by atoms with Gasteiger partial charge in [-0.1, -0.05) is 0 Å². The Hall–Kier alpha value is -1.46. The quantitative estimate of drug-likeness (QED) is 0.867. The molecule has 0 spiro atoms. The Morgan fingerprint density at radius 1 is 1.32 bits per heavy atom. The number of piperidine rings is 1. The maximum Gasteiger partial charge on any atom is 0.132 e. The molecule has 2 aromatic rings. The third kappa shape index (κ3) is 3.65. The molecule has 4 nitrogen and oxygen atoms in total. The maximum absolute atomic E-state index is 4.43. The van der Waals surface area contributed by atoms with Crippen molar-refractivity contribution in [2.75, 3.05) is 25.0 Å².